The lowest BCUT2D eigenvalue weighted by Gasteiger charge is -2.21. The molecule has 1 aliphatic heterocycles. The molecule has 0 aliphatic carbocycles. The highest BCUT2D eigenvalue weighted by molar-refractivity contribution is 5.92. The van der Waals surface area contributed by atoms with Gasteiger partial charge in [-0.15, -0.1) is 0 Å². The number of H-pyrrole nitrogens is 1. The summed E-state index contributed by atoms with van der Waals surface area (Å²) < 4.78 is 6.10. The average molecular weight is 373 g/mol. The van der Waals surface area contributed by atoms with Gasteiger partial charge in [0, 0.05) is 48.9 Å². The highest BCUT2D eigenvalue weighted by atomic mass is 16.3. The van der Waals surface area contributed by atoms with Gasteiger partial charge in [0.15, 0.2) is 5.60 Å². The fourth-order valence-corrected chi connectivity index (χ4v) is 3.85. The molecular weight excluding hydrogens is 354 g/mol. The number of aliphatic hydroxyl groups is 1. The maximum absolute atomic E-state index is 12.4. The monoisotopic (exact) mass is 373 g/mol. The second-order valence-corrected chi connectivity index (χ2v) is 7.18. The molecule has 1 aliphatic rings. The fraction of sp³-hybridized carbons (Fsp3) is 0.182. The van der Waals surface area contributed by atoms with E-state index in [0.29, 0.717) is 24.3 Å². The van der Waals surface area contributed by atoms with Crippen molar-refractivity contribution in [3.05, 3.63) is 66.5 Å². The Balaban J connectivity index is 1.52. The summed E-state index contributed by atoms with van der Waals surface area (Å²) in [5.41, 5.74) is 1.69. The molecule has 140 valence electrons. The van der Waals surface area contributed by atoms with Gasteiger partial charge in [0.1, 0.15) is 17.2 Å². The van der Waals surface area contributed by atoms with Crippen LogP contribution in [0.2, 0.25) is 0 Å². The van der Waals surface area contributed by atoms with Crippen LogP contribution in [0, 0.1) is 0 Å². The molecule has 6 nitrogen and oxygen atoms in total. The molecule has 1 atom stereocenters. The number of hydrogen-bond donors (Lipinski definition) is 2. The Bertz CT molecular complexity index is 1190. The van der Waals surface area contributed by atoms with Gasteiger partial charge in [-0.2, -0.15) is 0 Å². The van der Waals surface area contributed by atoms with Crippen LogP contribution in [-0.2, 0) is 10.4 Å². The molecule has 1 saturated heterocycles. The first-order valence-corrected chi connectivity index (χ1v) is 9.17. The molecule has 0 spiro atoms. The van der Waals surface area contributed by atoms with Crippen molar-refractivity contribution >= 4 is 16.9 Å². The van der Waals surface area contributed by atoms with E-state index in [-0.39, 0.29) is 5.91 Å². The molecule has 5 rings (SSSR count). The van der Waals surface area contributed by atoms with E-state index in [1.54, 1.807) is 24.2 Å². The van der Waals surface area contributed by atoms with Crippen molar-refractivity contribution in [1.82, 2.24) is 14.9 Å². The van der Waals surface area contributed by atoms with Crippen LogP contribution >= 0.6 is 0 Å². The van der Waals surface area contributed by atoms with E-state index in [1.807, 2.05) is 48.7 Å². The molecule has 6 heteroatoms. The van der Waals surface area contributed by atoms with Crippen molar-refractivity contribution in [1.29, 1.82) is 0 Å². The van der Waals surface area contributed by atoms with Gasteiger partial charge < -0.3 is 19.4 Å². The smallest absolute Gasteiger partial charge is 0.258 e. The summed E-state index contributed by atoms with van der Waals surface area (Å²) in [5, 5.41) is 11.9. The van der Waals surface area contributed by atoms with E-state index in [1.165, 1.54) is 0 Å². The standard InChI is InChI=1S/C22H19N3O3/c1-25-11-9-22(27,21(25)26)15-5-2-4-14(12-15)18-7-8-19(28-18)17-13-24-20-16(17)6-3-10-23-20/h2-8,10,12-13,27H,9,11H2,1H3,(H,23,24)/t22-/m1/s1. The number of aromatic amines is 1. The number of rotatable bonds is 3. The molecular formula is C22H19N3O3. The van der Waals surface area contributed by atoms with E-state index in [4.69, 9.17) is 4.42 Å². The molecule has 1 aromatic carbocycles. The molecule has 1 amide bonds. The topological polar surface area (TPSA) is 82.4 Å². The molecule has 0 saturated carbocycles. The van der Waals surface area contributed by atoms with Crippen molar-refractivity contribution in [2.45, 2.75) is 12.0 Å². The van der Waals surface area contributed by atoms with Crippen molar-refractivity contribution in [3.63, 3.8) is 0 Å². The first-order valence-electron chi connectivity index (χ1n) is 9.17. The number of fused-ring (bicyclic) bond motifs is 1. The van der Waals surface area contributed by atoms with Crippen LogP contribution in [0.15, 0.2) is 65.3 Å². The van der Waals surface area contributed by atoms with Crippen molar-refractivity contribution in [2.75, 3.05) is 13.6 Å². The van der Waals surface area contributed by atoms with Gasteiger partial charge in [-0.1, -0.05) is 18.2 Å². The maximum atomic E-state index is 12.4. The molecule has 2 N–H and O–H groups in total. The second kappa shape index (κ2) is 6.07. The number of likely N-dealkylation sites (N-methyl/N-ethyl adjacent to an activating group) is 1. The van der Waals surface area contributed by atoms with E-state index >= 15 is 0 Å². The molecule has 4 heterocycles. The van der Waals surface area contributed by atoms with Crippen molar-refractivity contribution in [2.24, 2.45) is 0 Å². The minimum absolute atomic E-state index is 0.268. The van der Waals surface area contributed by atoms with Crippen LogP contribution in [0.1, 0.15) is 12.0 Å². The normalized spacial score (nSPS) is 19.6. The van der Waals surface area contributed by atoms with Crippen LogP contribution in [0.25, 0.3) is 33.7 Å². The molecule has 1 fully saturated rings. The summed E-state index contributed by atoms with van der Waals surface area (Å²) >= 11 is 0. The highest BCUT2D eigenvalue weighted by Gasteiger charge is 2.45. The summed E-state index contributed by atoms with van der Waals surface area (Å²) in [6.07, 6.45) is 4.01. The number of likely N-dealkylation sites (tertiary alicyclic amines) is 1. The number of furan rings is 1. The van der Waals surface area contributed by atoms with Crippen LogP contribution in [-0.4, -0.2) is 39.5 Å². The minimum Gasteiger partial charge on any atom is -0.456 e. The number of aromatic nitrogens is 2. The first kappa shape index (κ1) is 16.8. The molecule has 3 aromatic heterocycles. The summed E-state index contributed by atoms with van der Waals surface area (Å²) in [4.78, 5) is 21.4. The van der Waals surface area contributed by atoms with Gasteiger partial charge in [-0.3, -0.25) is 4.79 Å². The summed E-state index contributed by atoms with van der Waals surface area (Å²) in [6, 6.07) is 15.1. The van der Waals surface area contributed by atoms with Gasteiger partial charge in [0.2, 0.25) is 0 Å². The highest BCUT2D eigenvalue weighted by Crippen LogP contribution is 2.36. The Morgan fingerprint density at radius 3 is 2.86 bits per heavy atom. The van der Waals surface area contributed by atoms with E-state index in [2.05, 4.69) is 9.97 Å². The van der Waals surface area contributed by atoms with Gasteiger partial charge >= 0.3 is 0 Å². The third kappa shape index (κ3) is 2.46. The zero-order valence-electron chi connectivity index (χ0n) is 15.3. The number of benzene rings is 1. The third-order valence-electron chi connectivity index (χ3n) is 5.46. The van der Waals surface area contributed by atoms with E-state index < -0.39 is 5.60 Å². The van der Waals surface area contributed by atoms with Crippen molar-refractivity contribution in [3.8, 4) is 22.6 Å². The summed E-state index contributed by atoms with van der Waals surface area (Å²) in [7, 11) is 1.71. The largest absolute Gasteiger partial charge is 0.456 e. The number of hydrogen-bond acceptors (Lipinski definition) is 4. The lowest BCUT2D eigenvalue weighted by Crippen LogP contribution is -2.36. The minimum atomic E-state index is -1.47. The Hall–Kier alpha value is -3.38. The number of pyridine rings is 1. The Morgan fingerprint density at radius 1 is 1.18 bits per heavy atom. The fourth-order valence-electron chi connectivity index (χ4n) is 3.85. The average Bonchev–Trinajstić information content (AvgIpc) is 3.43. The SMILES string of the molecule is CN1CC[C@@](O)(c2cccc(-c3ccc(-c4c[nH]c5ncccc45)o3)c2)C1=O. The lowest BCUT2D eigenvalue weighted by atomic mass is 9.91. The second-order valence-electron chi connectivity index (χ2n) is 7.18. The predicted octanol–water partition coefficient (Wildman–Crippen LogP) is 3.54. The van der Waals surface area contributed by atoms with Crippen molar-refractivity contribution < 1.29 is 14.3 Å². The Kier molecular flexibility index (Phi) is 3.64. The van der Waals surface area contributed by atoms with Gasteiger partial charge in [-0.25, -0.2) is 4.98 Å². The first-order chi connectivity index (χ1) is 13.6. The lowest BCUT2D eigenvalue weighted by molar-refractivity contribution is -0.143. The quantitative estimate of drug-likeness (QED) is 0.575. The zero-order valence-corrected chi connectivity index (χ0v) is 15.3. The number of carbonyl (C=O) groups excluding carboxylic acids is 1. The Morgan fingerprint density at radius 2 is 2.04 bits per heavy atom. The molecule has 0 unspecified atom stereocenters. The summed E-state index contributed by atoms with van der Waals surface area (Å²) in [6.45, 7) is 0.541. The van der Waals surface area contributed by atoms with Crippen LogP contribution in [0.4, 0.5) is 0 Å². The van der Waals surface area contributed by atoms with Crippen LogP contribution < -0.4 is 0 Å². The molecule has 0 bridgehead atoms. The maximum Gasteiger partial charge on any atom is 0.258 e. The zero-order chi connectivity index (χ0) is 19.3. The van der Waals surface area contributed by atoms with Gasteiger partial charge in [-0.05, 0) is 35.9 Å². The number of nitrogens with zero attached hydrogens (tertiary/aromatic N) is 2. The van der Waals surface area contributed by atoms with Gasteiger partial charge in [0.25, 0.3) is 5.91 Å². The number of carbonyl (C=O) groups is 1. The van der Waals surface area contributed by atoms with Crippen LogP contribution in [0.3, 0.4) is 0 Å². The molecule has 0 radical (unpaired) electrons. The molecule has 28 heavy (non-hydrogen) atoms. The van der Waals surface area contributed by atoms with Gasteiger partial charge in [0.05, 0.1) is 0 Å². The summed E-state index contributed by atoms with van der Waals surface area (Å²) in [5.74, 6) is 1.14. The van der Waals surface area contributed by atoms with Crippen LogP contribution in [0.5, 0.6) is 0 Å². The predicted molar refractivity (Wildman–Crippen MR) is 105 cm³/mol. The number of nitrogens with one attached hydrogen (secondary N) is 1. The number of amides is 1. The third-order valence-corrected chi connectivity index (χ3v) is 5.46. The Labute approximate surface area is 161 Å². The molecule has 4 aromatic rings. The van der Waals surface area contributed by atoms with E-state index in [0.717, 1.165) is 27.9 Å². The van der Waals surface area contributed by atoms with E-state index in [9.17, 15) is 9.90 Å².